The summed E-state index contributed by atoms with van der Waals surface area (Å²) >= 11 is 1.56. The number of hydrogen-bond acceptors (Lipinski definition) is 7. The van der Waals surface area contributed by atoms with Crippen LogP contribution in [-0.4, -0.2) is 70.9 Å². The molecule has 0 fully saturated rings. The maximum Gasteiger partial charge on any atom is 0.331 e. The van der Waals surface area contributed by atoms with Gasteiger partial charge in [0.05, 0.1) is 25.2 Å². The van der Waals surface area contributed by atoms with Gasteiger partial charge in [-0.15, -0.1) is 11.8 Å². The Morgan fingerprint density at radius 2 is 1.81 bits per heavy atom. The van der Waals surface area contributed by atoms with Gasteiger partial charge in [-0.05, 0) is 43.9 Å². The lowest BCUT2D eigenvalue weighted by atomic mass is 10.1. The van der Waals surface area contributed by atoms with Gasteiger partial charge in [-0.1, -0.05) is 24.3 Å². The van der Waals surface area contributed by atoms with Gasteiger partial charge in [0.2, 0.25) is 0 Å². The van der Waals surface area contributed by atoms with Gasteiger partial charge in [-0.25, -0.2) is 4.79 Å². The van der Waals surface area contributed by atoms with Crippen LogP contribution in [0.5, 0.6) is 5.75 Å². The monoisotopic (exact) mass is 444 g/mol. The zero-order chi connectivity index (χ0) is 22.4. The predicted octanol–water partition coefficient (Wildman–Crippen LogP) is 3.00. The van der Waals surface area contributed by atoms with Crippen LogP contribution in [0, 0.1) is 0 Å². The van der Waals surface area contributed by atoms with Crippen molar-refractivity contribution < 1.29 is 23.8 Å². The number of carbonyl (C=O) groups is 2. The van der Waals surface area contributed by atoms with E-state index in [0.717, 1.165) is 21.9 Å². The standard InChI is InChI=1S/C23H28N2O5S/c1-24(2)13-14-25-18-7-5-6-8-19(18)31-22(16-9-11-17(28-3)12-10-16)21(23(25)27)30-15-20(26)29-4/h5-12,21-22H,13-15H2,1-4H3/t21-,22+/m0/s1. The summed E-state index contributed by atoms with van der Waals surface area (Å²) in [4.78, 5) is 30.3. The third-order valence-corrected chi connectivity index (χ3v) is 6.39. The largest absolute Gasteiger partial charge is 0.497 e. The molecule has 0 spiro atoms. The molecule has 1 amide bonds. The second-order valence-corrected chi connectivity index (χ2v) is 8.56. The zero-order valence-corrected chi connectivity index (χ0v) is 19.1. The summed E-state index contributed by atoms with van der Waals surface area (Å²) < 4.78 is 15.9. The van der Waals surface area contributed by atoms with E-state index in [9.17, 15) is 9.59 Å². The van der Waals surface area contributed by atoms with E-state index in [0.29, 0.717) is 13.1 Å². The molecule has 3 rings (SSSR count). The van der Waals surface area contributed by atoms with Crippen molar-refractivity contribution in [3.05, 3.63) is 54.1 Å². The number of nitrogens with zero attached hydrogens (tertiary/aromatic N) is 2. The predicted molar refractivity (Wildman–Crippen MR) is 121 cm³/mol. The highest BCUT2D eigenvalue weighted by molar-refractivity contribution is 7.99. The number of benzene rings is 2. The van der Waals surface area contributed by atoms with E-state index in [-0.39, 0.29) is 17.8 Å². The first-order valence-corrected chi connectivity index (χ1v) is 10.9. The molecule has 2 aromatic rings. The number of likely N-dealkylation sites (N-methyl/N-ethyl adjacent to an activating group) is 1. The number of amides is 1. The van der Waals surface area contributed by atoms with Crippen molar-refractivity contribution in [2.45, 2.75) is 16.2 Å². The second kappa shape index (κ2) is 10.7. The van der Waals surface area contributed by atoms with Crippen molar-refractivity contribution >= 4 is 29.3 Å². The number of ether oxygens (including phenoxy) is 3. The molecule has 0 N–H and O–H groups in total. The van der Waals surface area contributed by atoms with Crippen LogP contribution in [0.25, 0.3) is 0 Å². The van der Waals surface area contributed by atoms with Crippen LogP contribution >= 0.6 is 11.8 Å². The van der Waals surface area contributed by atoms with Gasteiger partial charge < -0.3 is 24.0 Å². The van der Waals surface area contributed by atoms with E-state index in [1.165, 1.54) is 7.11 Å². The number of esters is 1. The van der Waals surface area contributed by atoms with Crippen LogP contribution in [-0.2, 0) is 19.1 Å². The molecular formula is C23H28N2O5S. The average molecular weight is 445 g/mol. The maximum absolute atomic E-state index is 13.7. The fraction of sp³-hybridized carbons (Fsp3) is 0.391. The molecule has 0 aromatic heterocycles. The highest BCUT2D eigenvalue weighted by atomic mass is 32.2. The van der Waals surface area contributed by atoms with Crippen molar-refractivity contribution in [1.29, 1.82) is 0 Å². The molecule has 0 bridgehead atoms. The lowest BCUT2D eigenvalue weighted by molar-refractivity contribution is -0.150. The van der Waals surface area contributed by atoms with Gasteiger partial charge >= 0.3 is 5.97 Å². The molecule has 0 saturated heterocycles. The Labute approximate surface area is 187 Å². The Morgan fingerprint density at radius 3 is 2.45 bits per heavy atom. The number of rotatable bonds is 8. The molecule has 1 aliphatic rings. The summed E-state index contributed by atoms with van der Waals surface area (Å²) in [6.45, 7) is 0.913. The molecule has 0 radical (unpaired) electrons. The van der Waals surface area contributed by atoms with Crippen LogP contribution in [0.15, 0.2) is 53.4 Å². The number of fused-ring (bicyclic) bond motifs is 1. The first kappa shape index (κ1) is 23.1. The summed E-state index contributed by atoms with van der Waals surface area (Å²) in [5, 5.41) is -0.339. The maximum atomic E-state index is 13.7. The minimum Gasteiger partial charge on any atom is -0.497 e. The van der Waals surface area contributed by atoms with Gasteiger partial charge in [0.25, 0.3) is 5.91 Å². The molecule has 31 heavy (non-hydrogen) atoms. The van der Waals surface area contributed by atoms with Crippen LogP contribution < -0.4 is 9.64 Å². The van der Waals surface area contributed by atoms with Crippen molar-refractivity contribution in [1.82, 2.24) is 4.90 Å². The molecule has 1 heterocycles. The van der Waals surface area contributed by atoms with Gasteiger partial charge in [0.15, 0.2) is 6.10 Å². The highest BCUT2D eigenvalue weighted by Crippen LogP contribution is 2.46. The molecule has 7 nitrogen and oxygen atoms in total. The second-order valence-electron chi connectivity index (χ2n) is 7.38. The third kappa shape index (κ3) is 5.58. The lowest BCUT2D eigenvalue weighted by Crippen LogP contribution is -2.45. The molecule has 1 aliphatic heterocycles. The normalized spacial score (nSPS) is 18.5. The van der Waals surface area contributed by atoms with E-state index < -0.39 is 12.1 Å². The van der Waals surface area contributed by atoms with E-state index >= 15 is 0 Å². The number of para-hydroxylation sites is 1. The SMILES string of the molecule is COC(=O)CO[C@@H]1C(=O)N(CCN(C)C)c2ccccc2S[C@@H]1c1ccc(OC)cc1. The Kier molecular flexibility index (Phi) is 7.95. The summed E-state index contributed by atoms with van der Waals surface area (Å²) in [6.07, 6.45) is -0.855. The first-order chi connectivity index (χ1) is 14.9. The molecule has 166 valence electrons. The number of thioether (sulfide) groups is 1. The van der Waals surface area contributed by atoms with Crippen LogP contribution in [0.2, 0.25) is 0 Å². The van der Waals surface area contributed by atoms with Gasteiger partial charge in [-0.3, -0.25) is 4.79 Å². The zero-order valence-electron chi connectivity index (χ0n) is 18.2. The van der Waals surface area contributed by atoms with Crippen LogP contribution in [0.1, 0.15) is 10.8 Å². The molecule has 0 aliphatic carbocycles. The van der Waals surface area contributed by atoms with Crippen molar-refractivity contribution in [3.8, 4) is 5.75 Å². The van der Waals surface area contributed by atoms with Crippen LogP contribution in [0.3, 0.4) is 0 Å². The third-order valence-electron chi connectivity index (χ3n) is 5.02. The first-order valence-electron chi connectivity index (χ1n) is 9.98. The molecule has 0 unspecified atom stereocenters. The number of carbonyl (C=O) groups excluding carboxylic acids is 2. The Hall–Kier alpha value is -2.55. The molecule has 2 aromatic carbocycles. The highest BCUT2D eigenvalue weighted by Gasteiger charge is 2.39. The van der Waals surface area contributed by atoms with E-state index in [1.807, 2.05) is 67.5 Å². The van der Waals surface area contributed by atoms with E-state index in [1.54, 1.807) is 23.8 Å². The number of methoxy groups -OCH3 is 2. The van der Waals surface area contributed by atoms with Gasteiger partial charge in [0, 0.05) is 18.0 Å². The van der Waals surface area contributed by atoms with E-state index in [4.69, 9.17) is 14.2 Å². The summed E-state index contributed by atoms with van der Waals surface area (Å²) in [5.74, 6) is 0.0330. The average Bonchev–Trinajstić information content (AvgIpc) is 2.90. The Bertz CT molecular complexity index is 903. The minimum atomic E-state index is -0.855. The fourth-order valence-corrected chi connectivity index (χ4v) is 4.66. The molecular weight excluding hydrogens is 416 g/mol. The van der Waals surface area contributed by atoms with Crippen molar-refractivity contribution in [2.24, 2.45) is 0 Å². The Morgan fingerprint density at radius 1 is 1.10 bits per heavy atom. The lowest BCUT2D eigenvalue weighted by Gasteiger charge is -2.28. The van der Waals surface area contributed by atoms with Crippen molar-refractivity contribution in [3.63, 3.8) is 0 Å². The fourth-order valence-electron chi connectivity index (χ4n) is 3.32. The molecule has 0 saturated carbocycles. The van der Waals surface area contributed by atoms with Gasteiger partial charge in [0.1, 0.15) is 12.4 Å². The molecule has 2 atom stereocenters. The van der Waals surface area contributed by atoms with Crippen LogP contribution in [0.4, 0.5) is 5.69 Å². The van der Waals surface area contributed by atoms with E-state index in [2.05, 4.69) is 0 Å². The number of anilines is 1. The summed E-state index contributed by atoms with van der Waals surface area (Å²) in [6, 6.07) is 15.4. The van der Waals surface area contributed by atoms with Crippen molar-refractivity contribution in [2.75, 3.05) is 52.9 Å². The Balaban J connectivity index is 2.02. The minimum absolute atomic E-state index is 0.177. The number of hydrogen-bond donors (Lipinski definition) is 0. The quantitative estimate of drug-likeness (QED) is 0.580. The van der Waals surface area contributed by atoms with Gasteiger partial charge in [-0.2, -0.15) is 0 Å². The molecule has 8 heteroatoms. The smallest absolute Gasteiger partial charge is 0.331 e. The topological polar surface area (TPSA) is 68.3 Å². The summed E-state index contributed by atoms with van der Waals surface area (Å²) in [5.41, 5.74) is 1.76. The summed E-state index contributed by atoms with van der Waals surface area (Å²) in [7, 11) is 6.85.